The number of hydrogen-bond acceptors (Lipinski definition) is 3. The summed E-state index contributed by atoms with van der Waals surface area (Å²) in [5.74, 6) is 0.254. The van der Waals surface area contributed by atoms with Gasteiger partial charge in [0, 0.05) is 19.5 Å². The van der Waals surface area contributed by atoms with E-state index in [0.717, 1.165) is 26.4 Å². The molecule has 4 aromatic rings. The lowest BCUT2D eigenvalue weighted by Gasteiger charge is -2.32. The molecule has 0 bridgehead atoms. The van der Waals surface area contributed by atoms with Gasteiger partial charge in [0.05, 0.1) is 14.5 Å². The van der Waals surface area contributed by atoms with Gasteiger partial charge in [0.2, 0.25) is 5.91 Å². The number of halogens is 3. The van der Waals surface area contributed by atoms with Gasteiger partial charge in [0.1, 0.15) is 11.8 Å². The Morgan fingerprint density at radius 3 is 2.35 bits per heavy atom. The van der Waals surface area contributed by atoms with Crippen molar-refractivity contribution in [3.63, 3.8) is 0 Å². The molecule has 5 nitrogen and oxygen atoms in total. The largest absolute Gasteiger partial charge is 0.483 e. The van der Waals surface area contributed by atoms with Crippen LogP contribution in [0.4, 0.5) is 0 Å². The van der Waals surface area contributed by atoms with Crippen LogP contribution in [-0.4, -0.2) is 35.9 Å². The quantitative estimate of drug-likeness (QED) is 0.183. The van der Waals surface area contributed by atoms with Crippen LogP contribution < -0.4 is 10.1 Å². The number of nitrogens with one attached hydrogen (secondary N) is 1. The summed E-state index contributed by atoms with van der Waals surface area (Å²) in [7, 11) is 0. The monoisotopic (exact) mass is 640 g/mol. The Morgan fingerprint density at radius 2 is 1.62 bits per heavy atom. The summed E-state index contributed by atoms with van der Waals surface area (Å²) in [6.07, 6.45) is 0.345. The minimum atomic E-state index is -0.772. The fourth-order valence-corrected chi connectivity index (χ4v) is 5.29. The topological polar surface area (TPSA) is 58.6 Å². The van der Waals surface area contributed by atoms with Crippen LogP contribution in [0.3, 0.4) is 0 Å². The molecule has 8 heteroatoms. The zero-order valence-electron chi connectivity index (χ0n) is 22.4. The molecule has 0 fully saturated rings. The highest BCUT2D eigenvalue weighted by atomic mass is 79.9. The number of fused-ring (bicyclic) bond motifs is 1. The van der Waals surface area contributed by atoms with Gasteiger partial charge in [-0.3, -0.25) is 9.59 Å². The van der Waals surface area contributed by atoms with Gasteiger partial charge in [0.25, 0.3) is 5.91 Å². The summed E-state index contributed by atoms with van der Waals surface area (Å²) in [5, 5.41) is 5.86. The molecule has 1 N–H and O–H groups in total. The number of hydrogen-bond donors (Lipinski definition) is 1. The molecule has 4 aromatic carbocycles. The molecule has 0 aliphatic rings. The molecule has 0 aliphatic heterocycles. The maximum atomic E-state index is 13.9. The summed E-state index contributed by atoms with van der Waals surface area (Å²) < 4.78 is 6.80. The van der Waals surface area contributed by atoms with Crippen LogP contribution in [0, 0.1) is 5.92 Å². The Hall–Kier alpha value is -3.06. The first-order chi connectivity index (χ1) is 19.2. The number of carbonyl (C=O) groups is 2. The van der Waals surface area contributed by atoms with Crippen LogP contribution in [0.2, 0.25) is 10.0 Å². The van der Waals surface area contributed by atoms with E-state index in [4.69, 9.17) is 27.9 Å². The van der Waals surface area contributed by atoms with Gasteiger partial charge in [-0.1, -0.05) is 104 Å². The van der Waals surface area contributed by atoms with Gasteiger partial charge in [-0.2, -0.15) is 0 Å². The van der Waals surface area contributed by atoms with Crippen molar-refractivity contribution in [3.05, 3.63) is 111 Å². The molecule has 0 saturated heterocycles. The Balaban J connectivity index is 1.65. The lowest BCUT2D eigenvalue weighted by atomic mass is 10.0. The smallest absolute Gasteiger partial charge is 0.261 e. The minimum Gasteiger partial charge on any atom is -0.483 e. The molecular formula is C32H31BrCl2N2O3. The maximum absolute atomic E-state index is 13.9. The molecule has 208 valence electrons. The van der Waals surface area contributed by atoms with Gasteiger partial charge in [-0.05, 0) is 61.9 Å². The van der Waals surface area contributed by atoms with E-state index in [-0.39, 0.29) is 30.9 Å². The fraction of sp³-hybridized carbons (Fsp3) is 0.250. The van der Waals surface area contributed by atoms with E-state index in [1.807, 2.05) is 80.6 Å². The normalized spacial score (nSPS) is 11.8. The van der Waals surface area contributed by atoms with Crippen LogP contribution in [0.5, 0.6) is 5.75 Å². The van der Waals surface area contributed by atoms with Crippen molar-refractivity contribution >= 4 is 61.7 Å². The lowest BCUT2D eigenvalue weighted by Crippen LogP contribution is -2.52. The molecule has 2 amide bonds. The summed E-state index contributed by atoms with van der Waals surface area (Å²) in [6, 6.07) is 25.8. The summed E-state index contributed by atoms with van der Waals surface area (Å²) in [6.45, 7) is 4.46. The predicted octanol–water partition coefficient (Wildman–Crippen LogP) is 7.70. The second-order valence-corrected chi connectivity index (χ2v) is 11.6. The van der Waals surface area contributed by atoms with E-state index in [9.17, 15) is 9.59 Å². The highest BCUT2D eigenvalue weighted by molar-refractivity contribution is 9.10. The highest BCUT2D eigenvalue weighted by Gasteiger charge is 2.31. The average molecular weight is 642 g/mol. The average Bonchev–Trinajstić information content (AvgIpc) is 2.95. The van der Waals surface area contributed by atoms with E-state index in [1.54, 1.807) is 23.1 Å². The first-order valence-electron chi connectivity index (χ1n) is 13.1. The first-order valence-corrected chi connectivity index (χ1v) is 14.6. The van der Waals surface area contributed by atoms with Crippen molar-refractivity contribution < 1.29 is 14.3 Å². The van der Waals surface area contributed by atoms with E-state index >= 15 is 0 Å². The lowest BCUT2D eigenvalue weighted by molar-refractivity contribution is -0.142. The Kier molecular flexibility index (Phi) is 10.5. The van der Waals surface area contributed by atoms with Gasteiger partial charge < -0.3 is 15.0 Å². The van der Waals surface area contributed by atoms with Crippen molar-refractivity contribution in [1.82, 2.24) is 10.2 Å². The highest BCUT2D eigenvalue weighted by Crippen LogP contribution is 2.33. The van der Waals surface area contributed by atoms with E-state index in [2.05, 4.69) is 21.2 Å². The second-order valence-electron chi connectivity index (χ2n) is 10.0. The van der Waals surface area contributed by atoms with E-state index in [0.29, 0.717) is 28.8 Å². The van der Waals surface area contributed by atoms with Crippen LogP contribution >= 0.6 is 39.1 Å². The van der Waals surface area contributed by atoms with Crippen LogP contribution in [0.15, 0.2) is 89.4 Å². The first kappa shape index (κ1) is 29.9. The van der Waals surface area contributed by atoms with Crippen LogP contribution in [-0.2, 0) is 22.6 Å². The van der Waals surface area contributed by atoms with Crippen molar-refractivity contribution in [1.29, 1.82) is 0 Å². The van der Waals surface area contributed by atoms with Gasteiger partial charge in [-0.15, -0.1) is 0 Å². The Bertz CT molecular complexity index is 1480. The summed E-state index contributed by atoms with van der Waals surface area (Å²) >= 11 is 16.1. The molecule has 0 aromatic heterocycles. The summed E-state index contributed by atoms with van der Waals surface area (Å²) in [4.78, 5) is 29.0. The third-order valence-electron chi connectivity index (χ3n) is 6.47. The van der Waals surface area contributed by atoms with Crippen molar-refractivity contribution in [2.45, 2.75) is 32.9 Å². The van der Waals surface area contributed by atoms with E-state index < -0.39 is 6.04 Å². The van der Waals surface area contributed by atoms with Gasteiger partial charge in [0.15, 0.2) is 6.61 Å². The molecule has 1 atom stereocenters. The molecule has 40 heavy (non-hydrogen) atoms. The van der Waals surface area contributed by atoms with Crippen molar-refractivity contribution in [2.24, 2.45) is 5.92 Å². The standard InChI is InChI=1S/C32H31BrCl2N2O3/c1-21(2)18-36-32(39)28(17-22-8-4-3-5-9-22)37(19-23-12-14-26(34)27(35)16-23)30(38)20-40-29-15-13-24-10-6-7-11-25(24)31(29)33/h3-16,21,28H,17-20H2,1-2H3,(H,36,39)/t28-/m0/s1. The zero-order valence-corrected chi connectivity index (χ0v) is 25.5. The molecule has 0 aliphatic carbocycles. The number of amides is 2. The second kappa shape index (κ2) is 14.0. The number of nitrogens with zero attached hydrogens (tertiary/aromatic N) is 1. The van der Waals surface area contributed by atoms with Crippen LogP contribution in [0.25, 0.3) is 10.8 Å². The number of benzene rings is 4. The molecule has 0 unspecified atom stereocenters. The van der Waals surface area contributed by atoms with Crippen molar-refractivity contribution in [3.8, 4) is 5.75 Å². The van der Waals surface area contributed by atoms with Gasteiger partial charge >= 0.3 is 0 Å². The van der Waals surface area contributed by atoms with Crippen molar-refractivity contribution in [2.75, 3.05) is 13.2 Å². The number of ether oxygens (including phenoxy) is 1. The molecular weight excluding hydrogens is 611 g/mol. The maximum Gasteiger partial charge on any atom is 0.261 e. The third-order valence-corrected chi connectivity index (χ3v) is 8.03. The predicted molar refractivity (Wildman–Crippen MR) is 166 cm³/mol. The Labute approximate surface area is 253 Å². The summed E-state index contributed by atoms with van der Waals surface area (Å²) in [5.41, 5.74) is 1.70. The Morgan fingerprint density at radius 1 is 0.900 bits per heavy atom. The van der Waals surface area contributed by atoms with Crippen LogP contribution in [0.1, 0.15) is 25.0 Å². The molecule has 0 heterocycles. The number of rotatable bonds is 11. The molecule has 0 radical (unpaired) electrons. The SMILES string of the molecule is CC(C)CNC(=O)[C@H](Cc1ccccc1)N(Cc1ccc(Cl)c(Cl)c1)C(=O)COc1ccc2ccccc2c1Br. The molecule has 0 saturated carbocycles. The zero-order chi connectivity index (χ0) is 28.6. The minimum absolute atomic E-state index is 0.157. The fourth-order valence-electron chi connectivity index (χ4n) is 4.36. The number of carbonyl (C=O) groups excluding carboxylic acids is 2. The van der Waals surface area contributed by atoms with E-state index in [1.165, 1.54) is 0 Å². The molecule has 0 spiro atoms. The van der Waals surface area contributed by atoms with Gasteiger partial charge in [-0.25, -0.2) is 0 Å². The molecule has 4 rings (SSSR count). The third kappa shape index (κ3) is 7.78.